The van der Waals surface area contributed by atoms with Crippen LogP contribution in [0.4, 0.5) is 0 Å². The highest BCUT2D eigenvalue weighted by molar-refractivity contribution is 7.17. The predicted molar refractivity (Wildman–Crippen MR) is 103 cm³/mol. The van der Waals surface area contributed by atoms with Crippen LogP contribution >= 0.6 is 11.3 Å². The lowest BCUT2D eigenvalue weighted by molar-refractivity contribution is -0.132. The lowest BCUT2D eigenvalue weighted by Crippen LogP contribution is -2.41. The van der Waals surface area contributed by atoms with Gasteiger partial charge >= 0.3 is 0 Å². The minimum atomic E-state index is -0.0781. The topological polar surface area (TPSA) is 96.8 Å². The van der Waals surface area contributed by atoms with Crippen molar-refractivity contribution in [3.05, 3.63) is 38.8 Å². The van der Waals surface area contributed by atoms with E-state index in [1.807, 2.05) is 30.2 Å². The van der Waals surface area contributed by atoms with Crippen LogP contribution in [-0.4, -0.2) is 49.1 Å². The van der Waals surface area contributed by atoms with Crippen molar-refractivity contribution in [3.63, 3.8) is 0 Å². The highest BCUT2D eigenvalue weighted by atomic mass is 32.1. The second-order valence-corrected chi connectivity index (χ2v) is 7.91. The Kier molecular flexibility index (Phi) is 4.77. The van der Waals surface area contributed by atoms with Gasteiger partial charge in [-0.3, -0.25) is 14.7 Å². The first-order valence-corrected chi connectivity index (χ1v) is 10.0. The molecule has 0 unspecified atom stereocenters. The summed E-state index contributed by atoms with van der Waals surface area (Å²) in [7, 11) is 0. The van der Waals surface area contributed by atoms with Crippen LogP contribution in [0.3, 0.4) is 0 Å². The summed E-state index contributed by atoms with van der Waals surface area (Å²) in [6.07, 6.45) is 2.63. The Balaban J connectivity index is 1.37. The number of aryl methyl sites for hydroxylation is 2. The van der Waals surface area contributed by atoms with Crippen molar-refractivity contribution >= 4 is 27.5 Å². The second kappa shape index (κ2) is 7.22. The molecule has 4 heterocycles. The number of hydrogen-bond donors (Lipinski definition) is 1. The molecule has 1 aliphatic heterocycles. The maximum atomic E-state index is 12.6. The quantitative estimate of drug-likeness (QED) is 0.740. The molecule has 27 heavy (non-hydrogen) atoms. The molecule has 0 aliphatic carbocycles. The van der Waals surface area contributed by atoms with Crippen molar-refractivity contribution < 1.29 is 4.79 Å². The lowest BCUT2D eigenvalue weighted by Gasteiger charge is -2.32. The van der Waals surface area contributed by atoms with Crippen molar-refractivity contribution in [1.82, 2.24) is 30.1 Å². The van der Waals surface area contributed by atoms with E-state index >= 15 is 0 Å². The molecule has 1 aliphatic rings. The van der Waals surface area contributed by atoms with Gasteiger partial charge in [-0.25, -0.2) is 4.68 Å². The summed E-state index contributed by atoms with van der Waals surface area (Å²) in [5.74, 6) is 0.153. The molecule has 1 amide bonds. The molecule has 9 heteroatoms. The van der Waals surface area contributed by atoms with Gasteiger partial charge in [0.2, 0.25) is 5.91 Å². The molecule has 1 saturated heterocycles. The summed E-state index contributed by atoms with van der Waals surface area (Å²) in [6, 6.07) is 1.81. The zero-order valence-corrected chi connectivity index (χ0v) is 16.3. The fraction of sp³-hybridized carbons (Fsp3) is 0.500. The summed E-state index contributed by atoms with van der Waals surface area (Å²) in [5.41, 5.74) is 3.69. The number of H-pyrrole nitrogens is 1. The predicted octanol–water partition coefficient (Wildman–Crippen LogP) is 1.99. The van der Waals surface area contributed by atoms with Crippen molar-refractivity contribution in [2.45, 2.75) is 45.6 Å². The summed E-state index contributed by atoms with van der Waals surface area (Å²) >= 11 is 1.40. The van der Waals surface area contributed by atoms with Gasteiger partial charge in [0.05, 0.1) is 11.7 Å². The third-order valence-electron chi connectivity index (χ3n) is 5.33. The minimum Gasteiger partial charge on any atom is -0.343 e. The number of carbonyl (C=O) groups excluding carboxylic acids is 1. The zero-order valence-electron chi connectivity index (χ0n) is 15.4. The third kappa shape index (κ3) is 3.39. The number of nitrogens with zero attached hydrogens (tertiary/aromatic N) is 5. The normalized spacial score (nSPS) is 15.6. The zero-order chi connectivity index (χ0) is 19.0. The smallest absolute Gasteiger partial charge is 0.287 e. The Labute approximate surface area is 160 Å². The maximum Gasteiger partial charge on any atom is 0.287 e. The number of likely N-dealkylation sites (tertiary alicyclic amines) is 1. The van der Waals surface area contributed by atoms with E-state index in [4.69, 9.17) is 0 Å². The summed E-state index contributed by atoms with van der Waals surface area (Å²) in [6.45, 7) is 5.22. The van der Waals surface area contributed by atoms with Crippen LogP contribution in [0.5, 0.6) is 0 Å². The first-order chi connectivity index (χ1) is 13.0. The molecule has 0 saturated carbocycles. The fourth-order valence-corrected chi connectivity index (χ4v) is 4.47. The number of fused-ring (bicyclic) bond motifs is 1. The van der Waals surface area contributed by atoms with E-state index in [0.717, 1.165) is 29.8 Å². The van der Waals surface area contributed by atoms with Gasteiger partial charge in [-0.1, -0.05) is 5.21 Å². The van der Waals surface area contributed by atoms with Crippen LogP contribution in [0.15, 0.2) is 16.2 Å². The summed E-state index contributed by atoms with van der Waals surface area (Å²) in [4.78, 5) is 27.0. The Morgan fingerprint density at radius 2 is 2.11 bits per heavy atom. The van der Waals surface area contributed by atoms with Crippen LogP contribution in [0, 0.1) is 13.8 Å². The number of hydrogen-bond acceptors (Lipinski definition) is 6. The number of aromatic nitrogens is 5. The van der Waals surface area contributed by atoms with Gasteiger partial charge in [0, 0.05) is 25.2 Å². The molecule has 0 aromatic carbocycles. The van der Waals surface area contributed by atoms with Gasteiger partial charge in [0.15, 0.2) is 0 Å². The second-order valence-electron chi connectivity index (χ2n) is 7.00. The largest absolute Gasteiger partial charge is 0.343 e. The van der Waals surface area contributed by atoms with Gasteiger partial charge in [-0.2, -0.15) is 5.10 Å². The van der Waals surface area contributed by atoms with Crippen molar-refractivity contribution in [1.29, 1.82) is 0 Å². The molecule has 4 rings (SSSR count). The average molecular weight is 386 g/mol. The van der Waals surface area contributed by atoms with Gasteiger partial charge < -0.3 is 4.90 Å². The van der Waals surface area contributed by atoms with Crippen LogP contribution in [0.1, 0.15) is 42.3 Å². The van der Waals surface area contributed by atoms with E-state index in [-0.39, 0.29) is 17.5 Å². The van der Waals surface area contributed by atoms with Crippen molar-refractivity contribution in [2.75, 3.05) is 13.1 Å². The van der Waals surface area contributed by atoms with E-state index in [2.05, 4.69) is 20.5 Å². The number of carbonyl (C=O) groups is 1. The van der Waals surface area contributed by atoms with E-state index in [1.54, 1.807) is 0 Å². The molecule has 0 spiro atoms. The maximum absolute atomic E-state index is 12.6. The van der Waals surface area contributed by atoms with Crippen molar-refractivity contribution in [3.8, 4) is 0 Å². The van der Waals surface area contributed by atoms with Gasteiger partial charge in [-0.05, 0) is 50.1 Å². The lowest BCUT2D eigenvalue weighted by atomic mass is 10.0. The Hall–Kier alpha value is -2.55. The molecule has 3 aromatic rings. The molecule has 142 valence electrons. The first kappa shape index (κ1) is 17.8. The number of rotatable bonds is 4. The van der Waals surface area contributed by atoms with Crippen molar-refractivity contribution in [2.24, 2.45) is 0 Å². The molecule has 3 aromatic heterocycles. The van der Waals surface area contributed by atoms with Crippen LogP contribution in [0.25, 0.3) is 10.2 Å². The monoisotopic (exact) mass is 386 g/mol. The highest BCUT2D eigenvalue weighted by Gasteiger charge is 2.26. The Bertz CT molecular complexity index is 1010. The van der Waals surface area contributed by atoms with E-state index in [9.17, 15) is 9.59 Å². The highest BCUT2D eigenvalue weighted by Crippen LogP contribution is 2.22. The molecular weight excluding hydrogens is 364 g/mol. The number of amides is 1. The van der Waals surface area contributed by atoms with Crippen LogP contribution < -0.4 is 5.56 Å². The number of nitrogens with one attached hydrogen (secondary N) is 1. The molecular formula is C18H22N6O2S. The van der Waals surface area contributed by atoms with E-state index < -0.39 is 0 Å². The molecule has 0 radical (unpaired) electrons. The van der Waals surface area contributed by atoms with Gasteiger partial charge in [-0.15, -0.1) is 16.4 Å². The number of piperidine rings is 1. The van der Waals surface area contributed by atoms with Crippen LogP contribution in [-0.2, 0) is 11.2 Å². The molecule has 0 bridgehead atoms. The Morgan fingerprint density at radius 1 is 1.33 bits per heavy atom. The van der Waals surface area contributed by atoms with Crippen LogP contribution in [0.2, 0.25) is 0 Å². The summed E-state index contributed by atoms with van der Waals surface area (Å²) < 4.78 is 2.15. The molecule has 0 atom stereocenters. The van der Waals surface area contributed by atoms with E-state index in [0.29, 0.717) is 36.1 Å². The van der Waals surface area contributed by atoms with E-state index in [1.165, 1.54) is 16.0 Å². The standard InChI is InChI=1S/C18H22N6O2S/c1-11-14(12(2)20-19-11)3-4-16(25)23-8-5-13(6-9-23)24-18(26)17-15(21-22-24)7-10-27-17/h7,10,13H,3-6,8-9H2,1-2H3,(H,19,20). The fourth-order valence-electron chi connectivity index (χ4n) is 3.71. The minimum absolute atomic E-state index is 0.00101. The molecule has 1 fully saturated rings. The molecule has 8 nitrogen and oxygen atoms in total. The SMILES string of the molecule is Cc1n[nH]c(C)c1CCC(=O)N1CCC(n2nnc3ccsc3c2=O)CC1. The third-order valence-corrected chi connectivity index (χ3v) is 6.22. The van der Waals surface area contributed by atoms with Gasteiger partial charge in [0.1, 0.15) is 10.2 Å². The Morgan fingerprint density at radius 3 is 2.81 bits per heavy atom. The number of thiophene rings is 1. The first-order valence-electron chi connectivity index (χ1n) is 9.15. The molecule has 1 N–H and O–H groups in total. The number of aromatic amines is 1. The summed E-state index contributed by atoms with van der Waals surface area (Å²) in [5, 5.41) is 17.2. The van der Waals surface area contributed by atoms with Gasteiger partial charge in [0.25, 0.3) is 5.56 Å². The average Bonchev–Trinajstić information content (AvgIpc) is 3.28.